The van der Waals surface area contributed by atoms with Crippen molar-refractivity contribution in [1.82, 2.24) is 19.4 Å². The fraction of sp³-hybridized carbons (Fsp3) is 0.659. The Hall–Kier alpha value is -3.40. The summed E-state index contributed by atoms with van der Waals surface area (Å²) in [6.45, 7) is 13.7. The number of halogens is 3. The molecule has 5 aliphatic rings. The Balaban J connectivity index is 1.22. The lowest BCUT2D eigenvalue weighted by atomic mass is 9.45. The third kappa shape index (κ3) is 9.48. The minimum atomic E-state index is -5.09. The number of hydrogen-bond donors (Lipinski definition) is 1. The number of esters is 1. The van der Waals surface area contributed by atoms with Crippen LogP contribution >= 0.6 is 0 Å². The number of nitrogens with zero attached hydrogens (tertiary/aromatic N) is 3. The number of likely N-dealkylation sites (N-methyl/N-ethyl adjacent to an activating group) is 1. The molecule has 15 heteroatoms. The Morgan fingerprint density at radius 3 is 2.45 bits per heavy atom. The van der Waals surface area contributed by atoms with Gasteiger partial charge < -0.3 is 19.5 Å². The molecule has 1 saturated heterocycles. The molecule has 0 radical (unpaired) electrons. The van der Waals surface area contributed by atoms with Gasteiger partial charge in [0.1, 0.15) is 12.8 Å². The highest BCUT2D eigenvalue weighted by Crippen LogP contribution is 2.61. The number of rotatable bonds is 14. The quantitative estimate of drug-likeness (QED) is 0.173. The molecule has 2 heterocycles. The first-order valence-electron chi connectivity index (χ1n) is 19.5. The van der Waals surface area contributed by atoms with Crippen LogP contribution in [0.15, 0.2) is 42.5 Å². The van der Waals surface area contributed by atoms with Gasteiger partial charge >= 0.3 is 12.1 Å². The molecule has 1 N–H and O–H groups in total. The average Bonchev–Trinajstić information content (AvgIpc) is 3.70. The summed E-state index contributed by atoms with van der Waals surface area (Å²) in [4.78, 5) is 29.1. The minimum absolute atomic E-state index is 0.0262. The van der Waals surface area contributed by atoms with Gasteiger partial charge in [0.15, 0.2) is 11.5 Å². The van der Waals surface area contributed by atoms with Crippen molar-refractivity contribution in [2.75, 3.05) is 32.9 Å². The lowest BCUT2D eigenvalue weighted by molar-refractivity contribution is -0.203. The number of hydrogen-bond acceptors (Lipinski definition) is 9. The number of amides is 1. The van der Waals surface area contributed by atoms with E-state index in [2.05, 4.69) is 56.5 Å². The van der Waals surface area contributed by atoms with Crippen molar-refractivity contribution in [2.45, 2.75) is 111 Å². The summed E-state index contributed by atoms with van der Waals surface area (Å²) < 4.78 is 83.1. The molecule has 0 aromatic heterocycles. The molecular weight excluding hydrogens is 750 g/mol. The zero-order valence-corrected chi connectivity index (χ0v) is 34.3. The van der Waals surface area contributed by atoms with Crippen LogP contribution in [0, 0.1) is 28.6 Å². The summed E-state index contributed by atoms with van der Waals surface area (Å²) in [5, 5.41) is 3.25. The number of carbonyl (C=O) groups excluding carboxylic acids is 2. The first-order chi connectivity index (χ1) is 26.1. The second-order valence-electron chi connectivity index (χ2n) is 18.1. The van der Waals surface area contributed by atoms with E-state index in [-0.39, 0.29) is 60.9 Å². The Labute approximate surface area is 329 Å². The predicted octanol–water partition coefficient (Wildman–Crippen LogP) is 6.31. The van der Waals surface area contributed by atoms with E-state index in [0.717, 1.165) is 23.1 Å². The topological polar surface area (TPSA) is 118 Å². The van der Waals surface area contributed by atoms with Gasteiger partial charge in [0.2, 0.25) is 22.7 Å². The van der Waals surface area contributed by atoms with Gasteiger partial charge in [-0.05, 0) is 78.5 Å². The second kappa shape index (κ2) is 16.1. The van der Waals surface area contributed by atoms with Crippen LogP contribution in [0.4, 0.5) is 13.2 Å². The molecular formula is C41H57F3N4O7S. The number of benzene rings is 2. The van der Waals surface area contributed by atoms with Crippen LogP contribution in [0.3, 0.4) is 0 Å². The van der Waals surface area contributed by atoms with Gasteiger partial charge in [-0.1, -0.05) is 77.9 Å². The lowest BCUT2D eigenvalue weighted by Crippen LogP contribution is -2.61. The highest BCUT2D eigenvalue weighted by molar-refractivity contribution is 7.89. The summed E-state index contributed by atoms with van der Waals surface area (Å²) in [7, 11) is -2.07. The van der Waals surface area contributed by atoms with E-state index < -0.39 is 34.9 Å². The Bertz CT molecular complexity index is 1870. The first kappa shape index (κ1) is 42.2. The van der Waals surface area contributed by atoms with Crippen molar-refractivity contribution >= 4 is 21.9 Å². The lowest BCUT2D eigenvalue weighted by Gasteiger charge is -2.62. The number of carbonyl (C=O) groups is 2. The summed E-state index contributed by atoms with van der Waals surface area (Å²) in [6.07, 6.45) is -2.14. The van der Waals surface area contributed by atoms with Crippen LogP contribution < -0.4 is 14.8 Å². The number of fused-ring (bicyclic) bond motifs is 3. The maximum absolute atomic E-state index is 13.8. The van der Waals surface area contributed by atoms with E-state index in [1.165, 1.54) is 10.7 Å². The average molecular weight is 807 g/mol. The predicted molar refractivity (Wildman–Crippen MR) is 205 cm³/mol. The van der Waals surface area contributed by atoms with Gasteiger partial charge in [0, 0.05) is 43.8 Å². The van der Waals surface area contributed by atoms with Crippen LogP contribution in [0.2, 0.25) is 0 Å². The van der Waals surface area contributed by atoms with Gasteiger partial charge in [-0.15, -0.1) is 0 Å². The maximum Gasteiger partial charge on any atom is 0.490 e. The SMILES string of the molecule is C[C@@H]1[C@@H](NC(=O)C2CCS(=O)(=O)N2Cc2cccc(CN(Cc3cccc4c3OCO4)[C@H](CN(C)COC(=O)C(F)(F)F)CC(C)(C)C)c2)C[C@H]2C[C@@H]1C2(C)C. The first-order valence-corrected chi connectivity index (χ1v) is 21.1. The zero-order chi connectivity index (χ0) is 40.8. The Morgan fingerprint density at radius 1 is 1.05 bits per heavy atom. The Kier molecular flexibility index (Phi) is 12.1. The smallest absolute Gasteiger partial charge is 0.454 e. The van der Waals surface area contributed by atoms with E-state index in [9.17, 15) is 31.2 Å². The highest BCUT2D eigenvalue weighted by atomic mass is 32.2. The van der Waals surface area contributed by atoms with Crippen LogP contribution in [-0.4, -0.2) is 91.6 Å². The molecule has 3 saturated carbocycles. The second-order valence-corrected chi connectivity index (χ2v) is 20.2. The Morgan fingerprint density at radius 2 is 1.77 bits per heavy atom. The van der Waals surface area contributed by atoms with E-state index in [1.807, 2.05) is 42.5 Å². The molecule has 3 aliphatic carbocycles. The van der Waals surface area contributed by atoms with Crippen LogP contribution in [-0.2, 0) is 44.0 Å². The van der Waals surface area contributed by atoms with Crippen LogP contribution in [0.1, 0.15) is 83.9 Å². The number of para-hydroxylation sites is 1. The molecule has 2 bridgehead atoms. The maximum atomic E-state index is 13.8. The molecule has 6 atom stereocenters. The van der Waals surface area contributed by atoms with E-state index >= 15 is 0 Å². The van der Waals surface area contributed by atoms with Crippen molar-refractivity contribution in [1.29, 1.82) is 0 Å². The summed E-state index contributed by atoms with van der Waals surface area (Å²) in [5.74, 6) is 0.0852. The monoisotopic (exact) mass is 806 g/mol. The zero-order valence-electron chi connectivity index (χ0n) is 33.5. The van der Waals surface area contributed by atoms with Gasteiger partial charge in [0.05, 0.1) is 5.75 Å². The molecule has 2 aromatic rings. The van der Waals surface area contributed by atoms with Crippen molar-refractivity contribution in [3.05, 3.63) is 59.2 Å². The molecule has 2 aromatic carbocycles. The summed E-state index contributed by atoms with van der Waals surface area (Å²) in [6, 6.07) is 12.3. The van der Waals surface area contributed by atoms with Crippen molar-refractivity contribution in [3.63, 3.8) is 0 Å². The number of nitrogens with one attached hydrogen (secondary N) is 1. The molecule has 1 amide bonds. The fourth-order valence-corrected chi connectivity index (χ4v) is 11.1. The number of alkyl halides is 3. The van der Waals surface area contributed by atoms with E-state index in [4.69, 9.17) is 9.47 Å². The number of ether oxygens (including phenoxy) is 3. The van der Waals surface area contributed by atoms with Gasteiger partial charge in [-0.2, -0.15) is 17.5 Å². The summed E-state index contributed by atoms with van der Waals surface area (Å²) >= 11 is 0. The molecule has 310 valence electrons. The minimum Gasteiger partial charge on any atom is -0.454 e. The number of sulfonamides is 1. The summed E-state index contributed by atoms with van der Waals surface area (Å²) in [5.41, 5.74) is 2.56. The van der Waals surface area contributed by atoms with Gasteiger partial charge in [-0.3, -0.25) is 14.6 Å². The molecule has 56 heavy (non-hydrogen) atoms. The normalized spacial score (nSPS) is 25.9. The largest absolute Gasteiger partial charge is 0.490 e. The molecule has 0 spiro atoms. The van der Waals surface area contributed by atoms with E-state index in [1.54, 1.807) is 11.9 Å². The van der Waals surface area contributed by atoms with Crippen LogP contribution in [0.5, 0.6) is 11.5 Å². The molecule has 7 rings (SSSR count). The molecule has 11 nitrogen and oxygen atoms in total. The van der Waals surface area contributed by atoms with Crippen molar-refractivity contribution in [2.24, 2.45) is 28.6 Å². The standard InChI is InChI=1S/C41H57F3N4O7S/c1-26-32-17-30(40(32,5)6)18-33(26)45-37(49)34-14-15-56(51,52)48(34)21-28-11-8-10-27(16-28)20-47(22-29-12-9-13-35-36(29)55-25-54-35)31(19-39(2,3)4)23-46(7)24-53-38(50)41(42,43)44/h8-13,16,26,30-34H,14-15,17-25H2,1-7H3,(H,45,49)/t26-,30+,31-,32-,33-,34?/m0/s1. The van der Waals surface area contributed by atoms with Crippen molar-refractivity contribution in [3.8, 4) is 11.5 Å². The fourth-order valence-electron chi connectivity index (χ4n) is 9.37. The van der Waals surface area contributed by atoms with Crippen LogP contribution in [0.25, 0.3) is 0 Å². The van der Waals surface area contributed by atoms with Gasteiger partial charge in [0.25, 0.3) is 0 Å². The molecule has 1 unspecified atom stereocenters. The van der Waals surface area contributed by atoms with Gasteiger partial charge in [-0.25, -0.2) is 13.2 Å². The third-order valence-corrected chi connectivity index (χ3v) is 14.3. The highest BCUT2D eigenvalue weighted by Gasteiger charge is 2.57. The third-order valence-electron chi connectivity index (χ3n) is 12.4. The van der Waals surface area contributed by atoms with Crippen molar-refractivity contribution < 1.29 is 45.4 Å². The molecule has 4 fully saturated rings. The van der Waals surface area contributed by atoms with E-state index in [0.29, 0.717) is 48.8 Å². The molecule has 2 aliphatic heterocycles.